The highest BCUT2D eigenvalue weighted by Gasteiger charge is 2.33. The molecule has 1 saturated carbocycles. The summed E-state index contributed by atoms with van der Waals surface area (Å²) in [5.41, 5.74) is 0. The maximum atomic E-state index is 12.2. The number of unbranched alkanes of at least 4 members (excludes halogenated alkanes) is 1. The average Bonchev–Trinajstić information content (AvgIpc) is 3.12. The van der Waals surface area contributed by atoms with Crippen LogP contribution in [0.1, 0.15) is 52.9 Å². The van der Waals surface area contributed by atoms with Crippen LogP contribution >= 0.6 is 0 Å². The van der Waals surface area contributed by atoms with Gasteiger partial charge in [-0.05, 0) is 31.6 Å². The van der Waals surface area contributed by atoms with Gasteiger partial charge in [0.15, 0.2) is 0 Å². The van der Waals surface area contributed by atoms with E-state index in [0.717, 1.165) is 32.2 Å². The number of amides is 2. The van der Waals surface area contributed by atoms with Gasteiger partial charge < -0.3 is 15.3 Å². The van der Waals surface area contributed by atoms with Gasteiger partial charge in [0.25, 0.3) is 0 Å². The molecule has 2 N–H and O–H groups in total. The fraction of sp³-hybridized carbons (Fsp3) is 0.857. The van der Waals surface area contributed by atoms with Crippen LogP contribution in [-0.4, -0.2) is 40.6 Å². The summed E-state index contributed by atoms with van der Waals surface area (Å²) in [6.45, 7) is 6.72. The SMILES string of the molecule is CCCCN(C(=O)N[C@@H](CC(C)C)C(=O)O)C1CC1. The van der Waals surface area contributed by atoms with Crippen molar-refractivity contribution in [1.82, 2.24) is 10.2 Å². The average molecular weight is 270 g/mol. The number of carboxylic acids is 1. The van der Waals surface area contributed by atoms with E-state index < -0.39 is 12.0 Å². The second-order valence-electron chi connectivity index (χ2n) is 5.75. The Morgan fingerprint density at radius 2 is 2.00 bits per heavy atom. The van der Waals surface area contributed by atoms with Crippen molar-refractivity contribution in [2.45, 2.75) is 65.0 Å². The Bertz CT molecular complexity index is 314. The summed E-state index contributed by atoms with van der Waals surface area (Å²) in [6, 6.07) is -0.681. The first-order valence-corrected chi connectivity index (χ1v) is 7.25. The Balaban J connectivity index is 2.54. The molecule has 0 aromatic rings. The van der Waals surface area contributed by atoms with Gasteiger partial charge in [-0.1, -0.05) is 27.2 Å². The van der Waals surface area contributed by atoms with Gasteiger partial charge in [0.2, 0.25) is 0 Å². The molecular formula is C14H26N2O3. The number of nitrogens with one attached hydrogen (secondary N) is 1. The van der Waals surface area contributed by atoms with Crippen LogP contribution in [0.5, 0.6) is 0 Å². The van der Waals surface area contributed by atoms with E-state index in [4.69, 9.17) is 5.11 Å². The molecule has 1 rings (SSSR count). The molecule has 0 aliphatic heterocycles. The number of carbonyl (C=O) groups is 2. The highest BCUT2D eigenvalue weighted by molar-refractivity contribution is 5.82. The molecule has 0 unspecified atom stereocenters. The Labute approximate surface area is 115 Å². The molecule has 0 saturated heterocycles. The van der Waals surface area contributed by atoms with Gasteiger partial charge in [-0.25, -0.2) is 9.59 Å². The number of rotatable bonds is 8. The third-order valence-electron chi connectivity index (χ3n) is 3.30. The van der Waals surface area contributed by atoms with Crippen molar-refractivity contribution in [1.29, 1.82) is 0 Å². The summed E-state index contributed by atoms with van der Waals surface area (Å²) in [5, 5.41) is 11.8. The molecule has 1 aliphatic rings. The van der Waals surface area contributed by atoms with Crippen LogP contribution in [0.15, 0.2) is 0 Å². The first-order chi connectivity index (χ1) is 8.95. The minimum atomic E-state index is -0.951. The third-order valence-corrected chi connectivity index (χ3v) is 3.30. The van der Waals surface area contributed by atoms with Crippen molar-refractivity contribution in [2.75, 3.05) is 6.54 Å². The summed E-state index contributed by atoms with van der Waals surface area (Å²) < 4.78 is 0. The molecule has 19 heavy (non-hydrogen) atoms. The van der Waals surface area contributed by atoms with Gasteiger partial charge in [0, 0.05) is 12.6 Å². The van der Waals surface area contributed by atoms with Crippen LogP contribution in [0, 0.1) is 5.92 Å². The molecule has 0 radical (unpaired) electrons. The van der Waals surface area contributed by atoms with Crippen molar-refractivity contribution < 1.29 is 14.7 Å². The van der Waals surface area contributed by atoms with E-state index in [1.807, 2.05) is 13.8 Å². The summed E-state index contributed by atoms with van der Waals surface area (Å²) >= 11 is 0. The highest BCUT2D eigenvalue weighted by Crippen LogP contribution is 2.27. The van der Waals surface area contributed by atoms with Crippen LogP contribution in [0.25, 0.3) is 0 Å². The maximum absolute atomic E-state index is 12.2. The topological polar surface area (TPSA) is 69.6 Å². The third kappa shape index (κ3) is 5.49. The largest absolute Gasteiger partial charge is 0.480 e. The Kier molecular flexibility index (Phi) is 6.12. The molecule has 1 fully saturated rings. The Morgan fingerprint density at radius 3 is 2.42 bits per heavy atom. The minimum absolute atomic E-state index is 0.219. The first kappa shape index (κ1) is 15.8. The minimum Gasteiger partial charge on any atom is -0.480 e. The van der Waals surface area contributed by atoms with E-state index >= 15 is 0 Å². The fourth-order valence-electron chi connectivity index (χ4n) is 2.09. The molecule has 1 atom stereocenters. The number of carbonyl (C=O) groups excluding carboxylic acids is 1. The number of aliphatic carboxylic acids is 1. The summed E-state index contributed by atoms with van der Waals surface area (Å²) in [5.74, 6) is -0.709. The number of urea groups is 1. The molecule has 0 bridgehead atoms. The van der Waals surface area contributed by atoms with E-state index in [1.54, 1.807) is 4.90 Å². The summed E-state index contributed by atoms with van der Waals surface area (Å²) in [6.07, 6.45) is 4.54. The molecule has 110 valence electrons. The number of nitrogens with zero attached hydrogens (tertiary/aromatic N) is 1. The van der Waals surface area contributed by atoms with Gasteiger partial charge in [-0.15, -0.1) is 0 Å². The van der Waals surface area contributed by atoms with Crippen LogP contribution < -0.4 is 5.32 Å². The number of hydrogen-bond acceptors (Lipinski definition) is 2. The molecule has 0 heterocycles. The lowest BCUT2D eigenvalue weighted by molar-refractivity contribution is -0.139. The monoisotopic (exact) mass is 270 g/mol. The number of hydrogen-bond donors (Lipinski definition) is 2. The first-order valence-electron chi connectivity index (χ1n) is 7.25. The summed E-state index contributed by atoms with van der Waals surface area (Å²) in [7, 11) is 0. The van der Waals surface area contributed by atoms with Crippen molar-refractivity contribution in [3.05, 3.63) is 0 Å². The van der Waals surface area contributed by atoms with Crippen LogP contribution in [0.3, 0.4) is 0 Å². The van der Waals surface area contributed by atoms with E-state index in [0.29, 0.717) is 12.5 Å². The molecular weight excluding hydrogens is 244 g/mol. The second-order valence-corrected chi connectivity index (χ2v) is 5.75. The predicted octanol–water partition coefficient (Wildman–Crippen LogP) is 2.46. The molecule has 5 heteroatoms. The molecule has 2 amide bonds. The van der Waals surface area contributed by atoms with Crippen molar-refractivity contribution in [3.63, 3.8) is 0 Å². The summed E-state index contributed by atoms with van der Waals surface area (Å²) in [4.78, 5) is 25.1. The van der Waals surface area contributed by atoms with E-state index in [9.17, 15) is 9.59 Å². The Hall–Kier alpha value is -1.26. The zero-order valence-corrected chi connectivity index (χ0v) is 12.2. The smallest absolute Gasteiger partial charge is 0.326 e. The maximum Gasteiger partial charge on any atom is 0.326 e. The quantitative estimate of drug-likeness (QED) is 0.712. The molecule has 0 aromatic carbocycles. The molecule has 0 aromatic heterocycles. The normalized spacial score (nSPS) is 16.2. The Morgan fingerprint density at radius 1 is 1.37 bits per heavy atom. The lowest BCUT2D eigenvalue weighted by atomic mass is 10.0. The van der Waals surface area contributed by atoms with E-state index in [2.05, 4.69) is 12.2 Å². The van der Waals surface area contributed by atoms with Crippen LogP contribution in [0.2, 0.25) is 0 Å². The molecule has 5 nitrogen and oxygen atoms in total. The van der Waals surface area contributed by atoms with Crippen molar-refractivity contribution in [2.24, 2.45) is 5.92 Å². The van der Waals surface area contributed by atoms with E-state index in [1.165, 1.54) is 0 Å². The zero-order valence-electron chi connectivity index (χ0n) is 12.2. The zero-order chi connectivity index (χ0) is 14.4. The van der Waals surface area contributed by atoms with Gasteiger partial charge in [-0.2, -0.15) is 0 Å². The van der Waals surface area contributed by atoms with E-state index in [-0.39, 0.29) is 11.9 Å². The predicted molar refractivity (Wildman–Crippen MR) is 74.0 cm³/mol. The standard InChI is InChI=1S/C14H26N2O3/c1-4-5-8-16(11-6-7-11)14(19)15-12(13(17)18)9-10(2)3/h10-12H,4-9H2,1-3H3,(H,15,19)(H,17,18)/t12-/m0/s1. The number of carboxylic acid groups (broad SMARTS) is 1. The van der Waals surface area contributed by atoms with Crippen molar-refractivity contribution in [3.8, 4) is 0 Å². The lowest BCUT2D eigenvalue weighted by Gasteiger charge is -2.25. The highest BCUT2D eigenvalue weighted by atomic mass is 16.4. The second kappa shape index (κ2) is 7.36. The van der Waals surface area contributed by atoms with Gasteiger partial charge >= 0.3 is 12.0 Å². The van der Waals surface area contributed by atoms with Gasteiger partial charge in [0.1, 0.15) is 6.04 Å². The van der Waals surface area contributed by atoms with Crippen LogP contribution in [-0.2, 0) is 4.79 Å². The molecule has 1 aliphatic carbocycles. The molecule has 0 spiro atoms. The fourth-order valence-corrected chi connectivity index (χ4v) is 2.09. The van der Waals surface area contributed by atoms with Crippen molar-refractivity contribution >= 4 is 12.0 Å². The lowest BCUT2D eigenvalue weighted by Crippen LogP contribution is -2.49. The van der Waals surface area contributed by atoms with Gasteiger partial charge in [-0.3, -0.25) is 0 Å². The van der Waals surface area contributed by atoms with Crippen LogP contribution in [0.4, 0.5) is 4.79 Å². The van der Waals surface area contributed by atoms with Gasteiger partial charge in [0.05, 0.1) is 0 Å².